The van der Waals surface area contributed by atoms with Crippen LogP contribution in [-0.4, -0.2) is 14.5 Å². The van der Waals surface area contributed by atoms with Gasteiger partial charge in [-0.25, -0.2) is 9.97 Å². The van der Waals surface area contributed by atoms with E-state index in [0.717, 1.165) is 61.5 Å². The summed E-state index contributed by atoms with van der Waals surface area (Å²) in [4.78, 5) is 10.2. The first-order chi connectivity index (χ1) is 26.3. The summed E-state index contributed by atoms with van der Waals surface area (Å²) >= 11 is 0. The van der Waals surface area contributed by atoms with Crippen LogP contribution >= 0.6 is 0 Å². The highest BCUT2D eigenvalue weighted by Gasteiger charge is 2.15. The molecule has 0 aliphatic rings. The number of fused-ring (bicyclic) bond motifs is 4. The lowest BCUT2D eigenvalue weighted by Crippen LogP contribution is -1.96. The van der Waals surface area contributed by atoms with Crippen molar-refractivity contribution in [1.29, 1.82) is 0 Å². The predicted octanol–water partition coefficient (Wildman–Crippen LogP) is 13.1. The Morgan fingerprint density at radius 1 is 0.302 bits per heavy atom. The van der Waals surface area contributed by atoms with Crippen molar-refractivity contribution in [3.63, 3.8) is 0 Å². The molecule has 3 heteroatoms. The van der Waals surface area contributed by atoms with Crippen molar-refractivity contribution < 1.29 is 0 Å². The van der Waals surface area contributed by atoms with Gasteiger partial charge in [0.2, 0.25) is 0 Å². The molecule has 0 fully saturated rings. The molecule has 10 rings (SSSR count). The minimum Gasteiger partial charge on any atom is -0.309 e. The Labute approximate surface area is 308 Å². The molecule has 0 radical (unpaired) electrons. The second-order valence-electron chi connectivity index (χ2n) is 13.4. The zero-order valence-electron chi connectivity index (χ0n) is 28.9. The first-order valence-electron chi connectivity index (χ1n) is 18.0. The largest absolute Gasteiger partial charge is 0.309 e. The van der Waals surface area contributed by atoms with Crippen LogP contribution in [0.4, 0.5) is 0 Å². The molecule has 0 unspecified atom stereocenters. The number of hydrogen-bond donors (Lipinski definition) is 0. The van der Waals surface area contributed by atoms with E-state index in [4.69, 9.17) is 9.97 Å². The minimum absolute atomic E-state index is 0.722. The molecule has 10 aromatic rings. The molecule has 0 bridgehead atoms. The summed E-state index contributed by atoms with van der Waals surface area (Å²) in [5.74, 6) is 0.722. The quantitative estimate of drug-likeness (QED) is 0.176. The number of rotatable bonds is 6. The predicted molar refractivity (Wildman–Crippen MR) is 221 cm³/mol. The van der Waals surface area contributed by atoms with Crippen LogP contribution in [0.25, 0.3) is 94.4 Å². The van der Waals surface area contributed by atoms with E-state index in [0.29, 0.717) is 0 Å². The van der Waals surface area contributed by atoms with Gasteiger partial charge in [0, 0.05) is 33.0 Å². The van der Waals surface area contributed by atoms with Gasteiger partial charge in [-0.3, -0.25) is 0 Å². The van der Waals surface area contributed by atoms with Gasteiger partial charge in [0.25, 0.3) is 0 Å². The molecule has 248 valence electrons. The summed E-state index contributed by atoms with van der Waals surface area (Å²) < 4.78 is 2.36. The first kappa shape index (κ1) is 30.7. The van der Waals surface area contributed by atoms with Crippen LogP contribution in [0.5, 0.6) is 0 Å². The third kappa shape index (κ3) is 5.56. The molecular formula is C50H33N3. The minimum atomic E-state index is 0.722. The zero-order chi connectivity index (χ0) is 35.1. The molecule has 0 spiro atoms. The Bertz CT molecular complexity index is 2850. The fraction of sp³-hybridized carbons (Fsp3) is 0. The van der Waals surface area contributed by atoms with Crippen molar-refractivity contribution in [2.45, 2.75) is 0 Å². The van der Waals surface area contributed by atoms with Gasteiger partial charge in [0.05, 0.1) is 22.2 Å². The third-order valence-corrected chi connectivity index (χ3v) is 10.2. The van der Waals surface area contributed by atoms with E-state index in [1.807, 2.05) is 24.3 Å². The number of hydrogen-bond acceptors (Lipinski definition) is 2. The van der Waals surface area contributed by atoms with Crippen LogP contribution < -0.4 is 0 Å². The normalized spacial score (nSPS) is 11.4. The summed E-state index contributed by atoms with van der Waals surface area (Å²) in [6, 6.07) is 71.1. The molecule has 0 aliphatic carbocycles. The summed E-state index contributed by atoms with van der Waals surface area (Å²) in [5, 5.41) is 3.57. The van der Waals surface area contributed by atoms with Crippen LogP contribution in [0.3, 0.4) is 0 Å². The van der Waals surface area contributed by atoms with E-state index in [1.54, 1.807) is 0 Å². The van der Waals surface area contributed by atoms with E-state index < -0.39 is 0 Å². The van der Waals surface area contributed by atoms with E-state index in [1.165, 1.54) is 32.9 Å². The number of para-hydroxylation sites is 3. The molecule has 0 amide bonds. The highest BCUT2D eigenvalue weighted by Crippen LogP contribution is 2.37. The second-order valence-corrected chi connectivity index (χ2v) is 13.4. The number of aromatic nitrogens is 3. The Kier molecular flexibility index (Phi) is 7.47. The van der Waals surface area contributed by atoms with Crippen LogP contribution in [0.2, 0.25) is 0 Å². The van der Waals surface area contributed by atoms with Gasteiger partial charge in [0.1, 0.15) is 0 Å². The van der Waals surface area contributed by atoms with Gasteiger partial charge in [-0.2, -0.15) is 0 Å². The van der Waals surface area contributed by atoms with E-state index in [2.05, 4.69) is 180 Å². The number of nitrogens with zero attached hydrogens (tertiary/aromatic N) is 3. The SMILES string of the molecule is c1ccc(-c2cc(-c3ccc(-c4ccc(-n5c6ccccc6c6ccccc65)cc4)cc3)cc(-c3nc(-c4ccccc4)nc4ccccc34)c2)cc1. The third-order valence-electron chi connectivity index (χ3n) is 10.2. The maximum absolute atomic E-state index is 5.21. The fourth-order valence-corrected chi connectivity index (χ4v) is 7.60. The molecular weight excluding hydrogens is 643 g/mol. The van der Waals surface area contributed by atoms with Crippen molar-refractivity contribution in [3.05, 3.63) is 200 Å². The summed E-state index contributed by atoms with van der Waals surface area (Å²) in [7, 11) is 0. The van der Waals surface area contributed by atoms with Crippen molar-refractivity contribution in [1.82, 2.24) is 14.5 Å². The van der Waals surface area contributed by atoms with E-state index >= 15 is 0 Å². The van der Waals surface area contributed by atoms with Crippen molar-refractivity contribution in [2.24, 2.45) is 0 Å². The van der Waals surface area contributed by atoms with Crippen molar-refractivity contribution in [3.8, 4) is 61.7 Å². The highest BCUT2D eigenvalue weighted by atomic mass is 15.0. The lowest BCUT2D eigenvalue weighted by molar-refractivity contribution is 1.18. The molecule has 2 heterocycles. The Morgan fingerprint density at radius 3 is 1.34 bits per heavy atom. The lowest BCUT2D eigenvalue weighted by atomic mass is 9.93. The van der Waals surface area contributed by atoms with E-state index in [9.17, 15) is 0 Å². The Balaban J connectivity index is 1.05. The number of benzene rings is 8. The maximum Gasteiger partial charge on any atom is 0.160 e. The molecule has 3 nitrogen and oxygen atoms in total. The topological polar surface area (TPSA) is 30.7 Å². The van der Waals surface area contributed by atoms with E-state index in [-0.39, 0.29) is 0 Å². The molecule has 8 aromatic carbocycles. The fourth-order valence-electron chi connectivity index (χ4n) is 7.60. The summed E-state index contributed by atoms with van der Waals surface area (Å²) in [6.45, 7) is 0. The molecule has 2 aromatic heterocycles. The van der Waals surface area contributed by atoms with Gasteiger partial charge in [-0.1, -0.05) is 152 Å². The van der Waals surface area contributed by atoms with Gasteiger partial charge in [-0.05, 0) is 81.9 Å². The smallest absolute Gasteiger partial charge is 0.160 e. The van der Waals surface area contributed by atoms with Gasteiger partial charge in [0.15, 0.2) is 5.82 Å². The Hall–Kier alpha value is -7.10. The molecule has 0 saturated carbocycles. The maximum atomic E-state index is 5.21. The zero-order valence-corrected chi connectivity index (χ0v) is 28.9. The van der Waals surface area contributed by atoms with Crippen LogP contribution in [-0.2, 0) is 0 Å². The highest BCUT2D eigenvalue weighted by molar-refractivity contribution is 6.09. The molecule has 0 saturated heterocycles. The Morgan fingerprint density at radius 2 is 0.736 bits per heavy atom. The van der Waals surface area contributed by atoms with Crippen molar-refractivity contribution >= 4 is 32.7 Å². The van der Waals surface area contributed by atoms with Gasteiger partial charge >= 0.3 is 0 Å². The molecule has 0 aliphatic heterocycles. The average molecular weight is 676 g/mol. The van der Waals surface area contributed by atoms with Gasteiger partial charge in [-0.15, -0.1) is 0 Å². The van der Waals surface area contributed by atoms with Crippen LogP contribution in [0.15, 0.2) is 200 Å². The summed E-state index contributed by atoms with van der Waals surface area (Å²) in [6.07, 6.45) is 0. The van der Waals surface area contributed by atoms with Crippen LogP contribution in [0.1, 0.15) is 0 Å². The average Bonchev–Trinajstić information content (AvgIpc) is 3.58. The summed E-state index contributed by atoms with van der Waals surface area (Å²) in [5.41, 5.74) is 14.4. The second kappa shape index (κ2) is 12.9. The monoisotopic (exact) mass is 675 g/mol. The lowest BCUT2D eigenvalue weighted by Gasteiger charge is -2.14. The van der Waals surface area contributed by atoms with Crippen molar-refractivity contribution in [2.75, 3.05) is 0 Å². The standard InChI is InChI=1S/C50H33N3/c1-3-13-34(14-4-1)39-31-40(33-41(32-39)49-45-19-7-10-20-46(45)51-50(52-49)38-15-5-2-6-16-38)37-25-23-35(24-26-37)36-27-29-42(30-28-36)53-47-21-11-8-17-43(47)44-18-9-12-22-48(44)53/h1-33H. The van der Waals surface area contributed by atoms with Crippen LogP contribution in [0, 0.1) is 0 Å². The molecule has 0 atom stereocenters. The first-order valence-corrected chi connectivity index (χ1v) is 18.0. The molecule has 0 N–H and O–H groups in total. The van der Waals surface area contributed by atoms with Gasteiger partial charge < -0.3 is 4.57 Å². The molecule has 53 heavy (non-hydrogen) atoms.